The van der Waals surface area contributed by atoms with Gasteiger partial charge < -0.3 is 10.1 Å². The quantitative estimate of drug-likeness (QED) is 0.477. The molecule has 0 spiro atoms. The summed E-state index contributed by atoms with van der Waals surface area (Å²) >= 11 is 0. The molecule has 0 rings (SSSR count). The first-order valence-electron chi connectivity index (χ1n) is 4.17. The lowest BCUT2D eigenvalue weighted by Gasteiger charge is -2.03. The van der Waals surface area contributed by atoms with E-state index in [4.69, 9.17) is 0 Å². The van der Waals surface area contributed by atoms with Gasteiger partial charge in [0.05, 0.1) is 0 Å². The second-order valence-electron chi connectivity index (χ2n) is 2.42. The number of unbranched alkanes of at least 4 members (excludes halogenated alkanes) is 2. The second kappa shape index (κ2) is 8.77. The Morgan fingerprint density at radius 2 is 2.31 bits per heavy atom. The smallest absolute Gasteiger partial charge is 0.407 e. The summed E-state index contributed by atoms with van der Waals surface area (Å²) in [5.41, 5.74) is 0. The molecule has 4 nitrogen and oxygen atoms in total. The van der Waals surface area contributed by atoms with Crippen molar-refractivity contribution in [2.45, 2.75) is 19.3 Å². The fraction of sp³-hybridized carbons (Fsp3) is 0.556. The lowest BCUT2D eigenvalue weighted by molar-refractivity contribution is 0.158. The normalized spacial score (nSPS) is 8.92. The van der Waals surface area contributed by atoms with E-state index in [9.17, 15) is 9.59 Å². The van der Waals surface area contributed by atoms with Crippen LogP contribution in [0, 0.1) is 0 Å². The molecule has 0 saturated heterocycles. The van der Waals surface area contributed by atoms with E-state index < -0.39 is 6.09 Å². The number of amides is 1. The van der Waals surface area contributed by atoms with Crippen molar-refractivity contribution in [1.82, 2.24) is 5.32 Å². The number of rotatable bonds is 7. The van der Waals surface area contributed by atoms with Crippen molar-refractivity contribution in [3.63, 3.8) is 0 Å². The highest BCUT2D eigenvalue weighted by Crippen LogP contribution is 1.90. The molecule has 0 atom stereocenters. The van der Waals surface area contributed by atoms with E-state index in [0.29, 0.717) is 13.0 Å². The van der Waals surface area contributed by atoms with Crippen molar-refractivity contribution in [3.8, 4) is 0 Å². The zero-order valence-electron chi connectivity index (χ0n) is 7.54. The molecule has 73 valence electrons. The molecular weight excluding hydrogens is 170 g/mol. The number of hydrogen-bond donors (Lipinski definition) is 1. The van der Waals surface area contributed by atoms with E-state index >= 15 is 0 Å². The Kier molecular flexibility index (Phi) is 7.88. The third-order valence-corrected chi connectivity index (χ3v) is 1.31. The van der Waals surface area contributed by atoms with Crippen LogP contribution >= 0.6 is 0 Å². The third-order valence-electron chi connectivity index (χ3n) is 1.31. The number of nitrogens with one attached hydrogen (secondary N) is 1. The van der Waals surface area contributed by atoms with Crippen LogP contribution in [0.25, 0.3) is 0 Å². The molecule has 1 N–H and O–H groups in total. The highest BCUT2D eigenvalue weighted by molar-refractivity contribution is 5.67. The first kappa shape index (κ1) is 11.7. The molecule has 4 heteroatoms. The Morgan fingerprint density at radius 3 is 2.92 bits per heavy atom. The maximum Gasteiger partial charge on any atom is 0.407 e. The first-order valence-corrected chi connectivity index (χ1v) is 4.17. The molecule has 0 aliphatic rings. The van der Waals surface area contributed by atoms with Crippen molar-refractivity contribution in [2.24, 2.45) is 0 Å². The third kappa shape index (κ3) is 8.59. The van der Waals surface area contributed by atoms with E-state index in [2.05, 4.69) is 16.6 Å². The first-order chi connectivity index (χ1) is 6.31. The molecule has 0 aromatic heterocycles. The molecule has 0 aliphatic carbocycles. The lowest BCUT2D eigenvalue weighted by Crippen LogP contribution is -2.25. The standard InChI is InChI=1S/C9H14NO3/c1-2-8-13-9(12)10-6-4-3-5-7-11/h2H,1,3-6,8H2,(H,10,12). The minimum absolute atomic E-state index is 0.216. The molecule has 0 fully saturated rings. The van der Waals surface area contributed by atoms with Crippen molar-refractivity contribution < 1.29 is 14.3 Å². The monoisotopic (exact) mass is 184 g/mol. The fourth-order valence-corrected chi connectivity index (χ4v) is 0.698. The summed E-state index contributed by atoms with van der Waals surface area (Å²) in [6.45, 7) is 4.15. The summed E-state index contributed by atoms with van der Waals surface area (Å²) in [4.78, 5) is 20.6. The molecule has 0 aromatic rings. The van der Waals surface area contributed by atoms with Crippen molar-refractivity contribution in [1.29, 1.82) is 0 Å². The van der Waals surface area contributed by atoms with Gasteiger partial charge in [-0.05, 0) is 12.8 Å². The number of alkyl carbamates (subject to hydrolysis) is 1. The van der Waals surface area contributed by atoms with Gasteiger partial charge >= 0.3 is 6.09 Å². The van der Waals surface area contributed by atoms with Gasteiger partial charge in [0.25, 0.3) is 0 Å². The van der Waals surface area contributed by atoms with Gasteiger partial charge in [0.15, 0.2) is 6.29 Å². The van der Waals surface area contributed by atoms with Crippen LogP contribution in [0.2, 0.25) is 0 Å². The number of hydrogen-bond acceptors (Lipinski definition) is 3. The minimum Gasteiger partial charge on any atom is -0.445 e. The molecule has 1 radical (unpaired) electrons. The van der Waals surface area contributed by atoms with E-state index in [-0.39, 0.29) is 6.61 Å². The van der Waals surface area contributed by atoms with Gasteiger partial charge in [-0.3, -0.25) is 4.79 Å². The van der Waals surface area contributed by atoms with E-state index in [1.807, 2.05) is 0 Å². The largest absolute Gasteiger partial charge is 0.445 e. The average Bonchev–Trinajstić information content (AvgIpc) is 2.14. The Labute approximate surface area is 78.0 Å². The van der Waals surface area contributed by atoms with Crippen LogP contribution in [0.4, 0.5) is 4.79 Å². The molecular formula is C9H14NO3. The van der Waals surface area contributed by atoms with Crippen LogP contribution in [0.3, 0.4) is 0 Å². The topological polar surface area (TPSA) is 55.4 Å². The van der Waals surface area contributed by atoms with Crippen LogP contribution in [0.5, 0.6) is 0 Å². The highest BCUT2D eigenvalue weighted by Gasteiger charge is 1.97. The molecule has 0 aliphatic heterocycles. The van der Waals surface area contributed by atoms with E-state index in [1.54, 1.807) is 6.29 Å². The molecule has 0 unspecified atom stereocenters. The van der Waals surface area contributed by atoms with Crippen LogP contribution < -0.4 is 5.32 Å². The van der Waals surface area contributed by atoms with Crippen LogP contribution in [-0.4, -0.2) is 25.5 Å². The van der Waals surface area contributed by atoms with Gasteiger partial charge in [-0.1, -0.05) is 12.7 Å². The molecule has 0 aromatic carbocycles. The Balaban J connectivity index is 3.16. The average molecular weight is 184 g/mol. The van der Waals surface area contributed by atoms with Crippen molar-refractivity contribution in [2.75, 3.05) is 13.2 Å². The van der Waals surface area contributed by atoms with Gasteiger partial charge in [-0.2, -0.15) is 0 Å². The predicted octanol–water partition coefficient (Wildman–Crippen LogP) is 1.18. The van der Waals surface area contributed by atoms with Crippen LogP contribution in [-0.2, 0) is 9.53 Å². The summed E-state index contributed by atoms with van der Waals surface area (Å²) in [5.74, 6) is 0. The maximum atomic E-state index is 10.8. The number of carbonyl (C=O) groups is 1. The van der Waals surface area contributed by atoms with E-state index in [0.717, 1.165) is 12.8 Å². The summed E-state index contributed by atoms with van der Waals surface area (Å²) < 4.78 is 4.65. The minimum atomic E-state index is -0.449. The molecule has 0 bridgehead atoms. The summed E-state index contributed by atoms with van der Waals surface area (Å²) in [5, 5.41) is 2.54. The SMILES string of the molecule is C=CCOC(=O)NCCCC[C]=O. The Bertz CT molecular complexity index is 168. The van der Waals surface area contributed by atoms with Gasteiger partial charge in [-0.25, -0.2) is 4.79 Å². The molecule has 13 heavy (non-hydrogen) atoms. The van der Waals surface area contributed by atoms with Gasteiger partial charge in [0, 0.05) is 13.0 Å². The van der Waals surface area contributed by atoms with Crippen LogP contribution in [0.15, 0.2) is 12.7 Å². The number of ether oxygens (including phenoxy) is 1. The van der Waals surface area contributed by atoms with Crippen molar-refractivity contribution in [3.05, 3.63) is 12.7 Å². The molecule has 0 saturated carbocycles. The molecule has 0 heterocycles. The number of carbonyl (C=O) groups excluding carboxylic acids is 2. The van der Waals surface area contributed by atoms with Crippen molar-refractivity contribution >= 4 is 12.4 Å². The fourth-order valence-electron chi connectivity index (χ4n) is 0.698. The van der Waals surface area contributed by atoms with Gasteiger partial charge in [0.1, 0.15) is 6.61 Å². The van der Waals surface area contributed by atoms with E-state index in [1.165, 1.54) is 6.08 Å². The second-order valence-corrected chi connectivity index (χ2v) is 2.42. The lowest BCUT2D eigenvalue weighted by atomic mass is 10.2. The summed E-state index contributed by atoms with van der Waals surface area (Å²) in [6, 6.07) is 0. The molecule has 1 amide bonds. The van der Waals surface area contributed by atoms with Gasteiger partial charge in [0.2, 0.25) is 0 Å². The maximum absolute atomic E-state index is 10.8. The zero-order valence-corrected chi connectivity index (χ0v) is 7.54. The predicted molar refractivity (Wildman–Crippen MR) is 49.1 cm³/mol. The Morgan fingerprint density at radius 1 is 1.54 bits per heavy atom. The Hall–Kier alpha value is -1.32. The summed E-state index contributed by atoms with van der Waals surface area (Å²) in [7, 11) is 0. The van der Waals surface area contributed by atoms with Gasteiger partial charge in [-0.15, -0.1) is 0 Å². The summed E-state index contributed by atoms with van der Waals surface area (Å²) in [6.07, 6.45) is 4.76. The van der Waals surface area contributed by atoms with Crippen LogP contribution in [0.1, 0.15) is 19.3 Å². The zero-order chi connectivity index (χ0) is 9.94. The highest BCUT2D eigenvalue weighted by atomic mass is 16.5.